The maximum Gasteiger partial charge on any atom is 0.251 e. The summed E-state index contributed by atoms with van der Waals surface area (Å²) < 4.78 is 0. The minimum atomic E-state index is -0.0463. The molecule has 1 saturated carbocycles. The number of carbonyl (C=O) groups is 2. The highest BCUT2D eigenvalue weighted by molar-refractivity contribution is 5.94. The van der Waals surface area contributed by atoms with Gasteiger partial charge in [0.25, 0.3) is 5.91 Å². The normalized spacial score (nSPS) is 15.0. The van der Waals surface area contributed by atoms with E-state index in [0.717, 1.165) is 50.9 Å². The average molecular weight is 360 g/mol. The highest BCUT2D eigenvalue weighted by atomic mass is 16.2. The number of benzene rings is 1. The molecule has 1 aromatic carbocycles. The molecule has 0 aliphatic heterocycles. The predicted octanol–water partition coefficient (Wildman–Crippen LogP) is 2.95. The summed E-state index contributed by atoms with van der Waals surface area (Å²) in [5.41, 5.74) is 1.68. The molecule has 5 nitrogen and oxygen atoms in total. The summed E-state index contributed by atoms with van der Waals surface area (Å²) in [5.74, 6) is 0.303. The quantitative estimate of drug-likeness (QED) is 0.713. The van der Waals surface area contributed by atoms with Gasteiger partial charge in [0.1, 0.15) is 0 Å². The van der Waals surface area contributed by atoms with E-state index in [-0.39, 0.29) is 17.7 Å². The van der Waals surface area contributed by atoms with Crippen molar-refractivity contribution in [3.05, 3.63) is 35.4 Å². The Bertz CT molecular complexity index is 561. The van der Waals surface area contributed by atoms with Crippen LogP contribution in [0.15, 0.2) is 24.3 Å². The minimum Gasteiger partial charge on any atom is -0.352 e. The van der Waals surface area contributed by atoms with E-state index in [1.807, 2.05) is 24.3 Å². The molecule has 26 heavy (non-hydrogen) atoms. The summed E-state index contributed by atoms with van der Waals surface area (Å²) in [4.78, 5) is 26.7. The fourth-order valence-electron chi connectivity index (χ4n) is 3.44. The molecule has 1 aliphatic carbocycles. The summed E-state index contributed by atoms with van der Waals surface area (Å²) in [6.07, 6.45) is 5.60. The fraction of sp³-hybridized carbons (Fsp3) is 0.619. The van der Waals surface area contributed by atoms with Crippen molar-refractivity contribution in [3.63, 3.8) is 0 Å². The van der Waals surface area contributed by atoms with Gasteiger partial charge in [-0.25, -0.2) is 0 Å². The Hall–Kier alpha value is -1.88. The lowest BCUT2D eigenvalue weighted by Gasteiger charge is -2.20. The minimum absolute atomic E-state index is 0.0463. The first-order chi connectivity index (χ1) is 12.6. The van der Waals surface area contributed by atoms with Crippen LogP contribution in [0.2, 0.25) is 0 Å². The molecule has 1 aromatic rings. The van der Waals surface area contributed by atoms with Crippen molar-refractivity contribution < 1.29 is 9.59 Å². The molecule has 5 heteroatoms. The first-order valence-electron chi connectivity index (χ1n) is 10.0. The molecular formula is C21H33N3O2. The molecule has 0 atom stereocenters. The van der Waals surface area contributed by atoms with Crippen molar-refractivity contribution in [2.24, 2.45) is 5.92 Å². The molecule has 0 heterocycles. The lowest BCUT2D eigenvalue weighted by atomic mass is 9.88. The van der Waals surface area contributed by atoms with Gasteiger partial charge in [-0.05, 0) is 43.6 Å². The Balaban J connectivity index is 1.74. The maximum absolute atomic E-state index is 12.2. The number of amides is 2. The van der Waals surface area contributed by atoms with Crippen LogP contribution in [0, 0.1) is 5.92 Å². The fourth-order valence-corrected chi connectivity index (χ4v) is 3.44. The predicted molar refractivity (Wildman–Crippen MR) is 105 cm³/mol. The van der Waals surface area contributed by atoms with E-state index in [9.17, 15) is 9.59 Å². The Morgan fingerprint density at radius 2 is 1.65 bits per heavy atom. The van der Waals surface area contributed by atoms with Crippen molar-refractivity contribution in [3.8, 4) is 0 Å². The van der Waals surface area contributed by atoms with Gasteiger partial charge in [0.2, 0.25) is 5.91 Å². The Morgan fingerprint density at radius 3 is 2.27 bits per heavy atom. The Morgan fingerprint density at radius 1 is 1.00 bits per heavy atom. The van der Waals surface area contributed by atoms with E-state index in [0.29, 0.717) is 18.7 Å². The molecule has 0 spiro atoms. The molecule has 2 N–H and O–H groups in total. The molecule has 1 aliphatic rings. The molecule has 1 fully saturated rings. The van der Waals surface area contributed by atoms with Gasteiger partial charge in [0.05, 0.1) is 0 Å². The van der Waals surface area contributed by atoms with Gasteiger partial charge in [-0.1, -0.05) is 45.2 Å². The number of nitrogens with zero attached hydrogens (tertiary/aromatic N) is 1. The van der Waals surface area contributed by atoms with Crippen molar-refractivity contribution in [1.29, 1.82) is 0 Å². The van der Waals surface area contributed by atoms with Gasteiger partial charge in [0, 0.05) is 31.1 Å². The molecule has 2 rings (SSSR count). The van der Waals surface area contributed by atoms with Crippen LogP contribution in [-0.2, 0) is 11.3 Å². The number of hydrogen-bond acceptors (Lipinski definition) is 3. The van der Waals surface area contributed by atoms with Crippen LogP contribution in [0.5, 0.6) is 0 Å². The van der Waals surface area contributed by atoms with Gasteiger partial charge in [-0.3, -0.25) is 9.59 Å². The van der Waals surface area contributed by atoms with E-state index in [1.54, 1.807) is 0 Å². The number of carbonyl (C=O) groups excluding carboxylic acids is 2. The van der Waals surface area contributed by atoms with Gasteiger partial charge in [-0.15, -0.1) is 0 Å². The lowest BCUT2D eigenvalue weighted by molar-refractivity contribution is -0.126. The Labute approximate surface area is 157 Å². The van der Waals surface area contributed by atoms with Gasteiger partial charge < -0.3 is 15.5 Å². The zero-order chi connectivity index (χ0) is 18.8. The van der Waals surface area contributed by atoms with Crippen molar-refractivity contribution >= 4 is 11.8 Å². The topological polar surface area (TPSA) is 61.4 Å². The zero-order valence-corrected chi connectivity index (χ0v) is 16.2. The summed E-state index contributed by atoms with van der Waals surface area (Å²) in [5, 5.41) is 5.99. The Kier molecular flexibility index (Phi) is 8.62. The second kappa shape index (κ2) is 11.0. The van der Waals surface area contributed by atoms with E-state index in [2.05, 4.69) is 29.4 Å². The van der Waals surface area contributed by atoms with E-state index in [1.165, 1.54) is 6.42 Å². The molecule has 0 radical (unpaired) electrons. The van der Waals surface area contributed by atoms with Crippen LogP contribution in [-0.4, -0.2) is 42.9 Å². The molecular weight excluding hydrogens is 326 g/mol. The second-order valence-electron chi connectivity index (χ2n) is 7.03. The summed E-state index contributed by atoms with van der Waals surface area (Å²) in [7, 11) is 0. The van der Waals surface area contributed by atoms with Crippen molar-refractivity contribution in [2.45, 2.75) is 52.5 Å². The summed E-state index contributed by atoms with van der Waals surface area (Å²) in [6, 6.07) is 7.49. The first-order valence-corrected chi connectivity index (χ1v) is 10.0. The van der Waals surface area contributed by atoms with Crippen LogP contribution >= 0.6 is 0 Å². The monoisotopic (exact) mass is 359 g/mol. The third-order valence-corrected chi connectivity index (χ3v) is 5.27. The van der Waals surface area contributed by atoms with Crippen LogP contribution in [0.4, 0.5) is 0 Å². The number of hydrogen-bond donors (Lipinski definition) is 2. The largest absolute Gasteiger partial charge is 0.352 e. The molecule has 144 valence electrons. The molecule has 2 amide bonds. The number of rotatable bonds is 9. The number of likely N-dealkylation sites (N-methyl/N-ethyl adjacent to an activating group) is 1. The summed E-state index contributed by atoms with van der Waals surface area (Å²) >= 11 is 0. The highest BCUT2D eigenvalue weighted by Gasteiger charge is 2.20. The molecule has 0 saturated heterocycles. The molecule has 0 unspecified atom stereocenters. The summed E-state index contributed by atoms with van der Waals surface area (Å²) in [6.45, 7) is 8.28. The van der Waals surface area contributed by atoms with Gasteiger partial charge in [0.15, 0.2) is 0 Å². The van der Waals surface area contributed by atoms with Crippen molar-refractivity contribution in [2.75, 3.05) is 26.2 Å². The van der Waals surface area contributed by atoms with Crippen LogP contribution < -0.4 is 10.6 Å². The molecule has 0 bridgehead atoms. The molecule has 0 aromatic heterocycles. The SMILES string of the molecule is CCN(CC)CCNC(=O)c1ccc(CNC(=O)C2CCCCC2)cc1. The first kappa shape index (κ1) is 20.4. The van der Waals surface area contributed by atoms with Gasteiger partial charge in [-0.2, -0.15) is 0 Å². The van der Waals surface area contributed by atoms with Crippen LogP contribution in [0.3, 0.4) is 0 Å². The third kappa shape index (κ3) is 6.45. The van der Waals surface area contributed by atoms with Gasteiger partial charge >= 0.3 is 0 Å². The van der Waals surface area contributed by atoms with E-state index >= 15 is 0 Å². The second-order valence-corrected chi connectivity index (χ2v) is 7.03. The third-order valence-electron chi connectivity index (χ3n) is 5.27. The van der Waals surface area contributed by atoms with E-state index in [4.69, 9.17) is 0 Å². The van der Waals surface area contributed by atoms with Crippen molar-refractivity contribution in [1.82, 2.24) is 15.5 Å². The zero-order valence-electron chi connectivity index (χ0n) is 16.2. The van der Waals surface area contributed by atoms with Crippen LogP contribution in [0.25, 0.3) is 0 Å². The standard InChI is InChI=1S/C21H33N3O2/c1-3-24(4-2)15-14-22-20(25)19-12-10-17(11-13-19)16-23-21(26)18-8-6-5-7-9-18/h10-13,18H,3-9,14-16H2,1-2H3,(H,22,25)(H,23,26). The van der Waals surface area contributed by atoms with Crippen LogP contribution in [0.1, 0.15) is 61.9 Å². The highest BCUT2D eigenvalue weighted by Crippen LogP contribution is 2.23. The van der Waals surface area contributed by atoms with E-state index < -0.39 is 0 Å². The smallest absolute Gasteiger partial charge is 0.251 e. The number of nitrogens with one attached hydrogen (secondary N) is 2. The maximum atomic E-state index is 12.2. The average Bonchev–Trinajstić information content (AvgIpc) is 2.70. The lowest BCUT2D eigenvalue weighted by Crippen LogP contribution is -2.34.